The highest BCUT2D eigenvalue weighted by molar-refractivity contribution is 7.18. The van der Waals surface area contributed by atoms with Gasteiger partial charge in [0.25, 0.3) is 0 Å². The summed E-state index contributed by atoms with van der Waals surface area (Å²) in [5.41, 5.74) is 5.96. The lowest BCUT2D eigenvalue weighted by Gasteiger charge is -2.37. The number of aryl methyl sites for hydroxylation is 1. The number of anilines is 2. The topological polar surface area (TPSA) is 55.0 Å². The molecule has 0 bridgehead atoms. The number of fused-ring (bicyclic) bond motifs is 1. The average Bonchev–Trinajstić information content (AvgIpc) is 2.90. The van der Waals surface area contributed by atoms with Gasteiger partial charge in [0.1, 0.15) is 10.6 Å². The minimum atomic E-state index is 0.405. The van der Waals surface area contributed by atoms with E-state index in [1.54, 1.807) is 11.3 Å². The third-order valence-electron chi connectivity index (χ3n) is 4.31. The number of hydrogen-bond donors (Lipinski definition) is 1. The van der Waals surface area contributed by atoms with Crippen molar-refractivity contribution in [2.24, 2.45) is 0 Å². The van der Waals surface area contributed by atoms with Gasteiger partial charge in [0.2, 0.25) is 5.95 Å². The van der Waals surface area contributed by atoms with E-state index in [-0.39, 0.29) is 0 Å². The number of nitrogen functional groups attached to an aromatic ring is 1. The van der Waals surface area contributed by atoms with E-state index in [4.69, 9.17) is 5.73 Å². The van der Waals surface area contributed by atoms with Crippen LogP contribution in [0.15, 0.2) is 6.07 Å². The van der Waals surface area contributed by atoms with E-state index in [1.807, 2.05) is 0 Å². The lowest BCUT2D eigenvalue weighted by Crippen LogP contribution is -2.40. The predicted molar refractivity (Wildman–Crippen MR) is 91.1 cm³/mol. The summed E-state index contributed by atoms with van der Waals surface area (Å²) < 4.78 is 0. The molecule has 4 nitrogen and oxygen atoms in total. The third kappa shape index (κ3) is 2.84. The van der Waals surface area contributed by atoms with Crippen molar-refractivity contribution < 1.29 is 0 Å². The van der Waals surface area contributed by atoms with Gasteiger partial charge < -0.3 is 10.6 Å². The molecule has 0 spiro atoms. The van der Waals surface area contributed by atoms with Gasteiger partial charge in [0.05, 0.1) is 5.39 Å². The van der Waals surface area contributed by atoms with E-state index in [0.29, 0.717) is 12.0 Å². The molecule has 0 radical (unpaired) electrons. The van der Waals surface area contributed by atoms with Gasteiger partial charge in [-0.25, -0.2) is 4.98 Å². The molecule has 2 N–H and O–H groups in total. The fourth-order valence-electron chi connectivity index (χ4n) is 3.28. The Bertz CT molecular complexity index is 620. The molecule has 2 aromatic rings. The lowest BCUT2D eigenvalue weighted by molar-refractivity contribution is 0.433. The number of piperidine rings is 1. The summed E-state index contributed by atoms with van der Waals surface area (Å²) in [5.74, 6) is 1.47. The monoisotopic (exact) mass is 304 g/mol. The van der Waals surface area contributed by atoms with Crippen molar-refractivity contribution in [3.05, 3.63) is 10.9 Å². The van der Waals surface area contributed by atoms with Gasteiger partial charge in [0.15, 0.2) is 0 Å². The Morgan fingerprint density at radius 1 is 1.33 bits per heavy atom. The molecule has 2 aromatic heterocycles. The first-order valence-electron chi connectivity index (χ1n) is 8.05. The number of thiophene rings is 1. The molecule has 0 aliphatic carbocycles. The first kappa shape index (κ1) is 14.6. The molecule has 0 saturated carbocycles. The summed E-state index contributed by atoms with van der Waals surface area (Å²) in [6.07, 6.45) is 7.33. The second-order valence-electron chi connectivity index (χ2n) is 5.82. The number of rotatable bonds is 4. The standard InChI is InChI=1S/C16H24N4S/c1-3-7-11-8-5-6-9-20(11)14-13-10-12(4-2)21-15(13)19-16(17)18-14/h10-11H,3-9H2,1-2H3,(H2,17,18,19). The largest absolute Gasteiger partial charge is 0.368 e. The SMILES string of the molecule is CCCC1CCCCN1c1nc(N)nc2sc(CC)cc12. The molecule has 21 heavy (non-hydrogen) atoms. The Balaban J connectivity index is 2.06. The lowest BCUT2D eigenvalue weighted by atomic mass is 9.98. The van der Waals surface area contributed by atoms with Gasteiger partial charge in [-0.15, -0.1) is 11.3 Å². The first-order chi connectivity index (χ1) is 10.2. The molecular weight excluding hydrogens is 280 g/mol. The van der Waals surface area contributed by atoms with E-state index < -0.39 is 0 Å². The summed E-state index contributed by atoms with van der Waals surface area (Å²) in [7, 11) is 0. The van der Waals surface area contributed by atoms with Gasteiger partial charge in [-0.1, -0.05) is 20.3 Å². The molecule has 3 rings (SSSR count). The molecule has 0 amide bonds. The fraction of sp³-hybridized carbons (Fsp3) is 0.625. The molecule has 1 saturated heterocycles. The molecule has 3 heterocycles. The van der Waals surface area contributed by atoms with Gasteiger partial charge >= 0.3 is 0 Å². The quantitative estimate of drug-likeness (QED) is 0.927. The minimum Gasteiger partial charge on any atom is -0.368 e. The van der Waals surface area contributed by atoms with Crippen molar-refractivity contribution in [3.8, 4) is 0 Å². The van der Waals surface area contributed by atoms with E-state index in [2.05, 4.69) is 34.8 Å². The van der Waals surface area contributed by atoms with Crippen LogP contribution >= 0.6 is 11.3 Å². The van der Waals surface area contributed by atoms with Crippen LogP contribution in [0.2, 0.25) is 0 Å². The van der Waals surface area contributed by atoms with E-state index >= 15 is 0 Å². The number of aromatic nitrogens is 2. The van der Waals surface area contributed by atoms with Crippen LogP contribution in [0.3, 0.4) is 0 Å². The highest BCUT2D eigenvalue weighted by atomic mass is 32.1. The second kappa shape index (κ2) is 6.18. The summed E-state index contributed by atoms with van der Waals surface area (Å²) in [6.45, 7) is 5.53. The maximum absolute atomic E-state index is 5.96. The van der Waals surface area contributed by atoms with Gasteiger partial charge in [-0.2, -0.15) is 4.98 Å². The van der Waals surface area contributed by atoms with Gasteiger partial charge in [0, 0.05) is 17.5 Å². The Morgan fingerprint density at radius 3 is 2.95 bits per heavy atom. The van der Waals surface area contributed by atoms with Crippen molar-refractivity contribution in [1.29, 1.82) is 0 Å². The molecular formula is C16H24N4S. The Labute approximate surface area is 130 Å². The molecule has 1 aliphatic heterocycles. The zero-order chi connectivity index (χ0) is 14.8. The van der Waals surface area contributed by atoms with Crippen molar-refractivity contribution in [3.63, 3.8) is 0 Å². The molecule has 114 valence electrons. The predicted octanol–water partition coefficient (Wildman–Crippen LogP) is 3.99. The minimum absolute atomic E-state index is 0.405. The molecule has 1 unspecified atom stereocenters. The molecule has 0 aromatic carbocycles. The molecule has 5 heteroatoms. The van der Waals surface area contributed by atoms with E-state index in [1.165, 1.54) is 42.4 Å². The zero-order valence-electron chi connectivity index (χ0n) is 12.9. The Morgan fingerprint density at radius 2 is 2.19 bits per heavy atom. The van der Waals surface area contributed by atoms with Crippen LogP contribution in [0, 0.1) is 0 Å². The number of hydrogen-bond acceptors (Lipinski definition) is 5. The van der Waals surface area contributed by atoms with Crippen molar-refractivity contribution in [1.82, 2.24) is 9.97 Å². The van der Waals surface area contributed by atoms with Crippen LogP contribution < -0.4 is 10.6 Å². The van der Waals surface area contributed by atoms with Gasteiger partial charge in [-0.3, -0.25) is 0 Å². The Hall–Kier alpha value is -1.36. The maximum atomic E-state index is 5.96. The Kier molecular flexibility index (Phi) is 4.29. The normalized spacial score (nSPS) is 19.3. The van der Waals surface area contributed by atoms with Crippen LogP contribution in [-0.4, -0.2) is 22.6 Å². The van der Waals surface area contributed by atoms with E-state index in [9.17, 15) is 0 Å². The first-order valence-corrected chi connectivity index (χ1v) is 8.87. The van der Waals surface area contributed by atoms with Crippen LogP contribution in [0.1, 0.15) is 50.8 Å². The third-order valence-corrected chi connectivity index (χ3v) is 5.48. The zero-order valence-corrected chi connectivity index (χ0v) is 13.7. The van der Waals surface area contributed by atoms with Crippen LogP contribution in [0.5, 0.6) is 0 Å². The summed E-state index contributed by atoms with van der Waals surface area (Å²) in [5, 5.41) is 1.19. The van der Waals surface area contributed by atoms with Crippen LogP contribution in [0.4, 0.5) is 11.8 Å². The molecule has 1 fully saturated rings. The van der Waals surface area contributed by atoms with Crippen molar-refractivity contribution in [2.75, 3.05) is 17.2 Å². The second-order valence-corrected chi connectivity index (χ2v) is 6.94. The summed E-state index contributed by atoms with van der Waals surface area (Å²) in [4.78, 5) is 13.9. The smallest absolute Gasteiger partial charge is 0.223 e. The van der Waals surface area contributed by atoms with Crippen LogP contribution in [0.25, 0.3) is 10.2 Å². The highest BCUT2D eigenvalue weighted by Gasteiger charge is 2.25. The highest BCUT2D eigenvalue weighted by Crippen LogP contribution is 2.35. The van der Waals surface area contributed by atoms with Crippen molar-refractivity contribution >= 4 is 33.3 Å². The van der Waals surface area contributed by atoms with E-state index in [0.717, 1.165) is 23.6 Å². The maximum Gasteiger partial charge on any atom is 0.223 e. The molecule has 1 atom stereocenters. The number of nitrogens with two attached hydrogens (primary N) is 1. The average molecular weight is 304 g/mol. The summed E-state index contributed by atoms with van der Waals surface area (Å²) in [6, 6.07) is 2.86. The van der Waals surface area contributed by atoms with Crippen molar-refractivity contribution in [2.45, 2.75) is 58.4 Å². The van der Waals surface area contributed by atoms with Gasteiger partial charge in [-0.05, 0) is 38.2 Å². The van der Waals surface area contributed by atoms with Crippen LogP contribution in [-0.2, 0) is 6.42 Å². The molecule has 1 aliphatic rings. The summed E-state index contributed by atoms with van der Waals surface area (Å²) >= 11 is 1.75. The fourth-order valence-corrected chi connectivity index (χ4v) is 4.25. The number of nitrogens with zero attached hydrogens (tertiary/aromatic N) is 3.